The lowest BCUT2D eigenvalue weighted by Gasteiger charge is -2.18. The number of amides is 1. The fourth-order valence-corrected chi connectivity index (χ4v) is 2.82. The third kappa shape index (κ3) is 7.23. The van der Waals surface area contributed by atoms with Crippen LogP contribution in [0, 0.1) is 0 Å². The lowest BCUT2D eigenvalue weighted by molar-refractivity contribution is 0.0939. The first kappa shape index (κ1) is 22.4. The van der Waals surface area contributed by atoms with Crippen molar-refractivity contribution in [3.05, 3.63) is 71.3 Å². The van der Waals surface area contributed by atoms with Gasteiger partial charge in [-0.2, -0.15) is 0 Å². The Kier molecular flexibility index (Phi) is 9.18. The second-order valence-corrected chi connectivity index (χ2v) is 7.08. The second-order valence-electron chi connectivity index (χ2n) is 7.08. The van der Waals surface area contributed by atoms with E-state index in [1.165, 1.54) is 0 Å². The molecule has 6 heteroatoms. The van der Waals surface area contributed by atoms with Crippen molar-refractivity contribution in [2.75, 3.05) is 20.2 Å². The molecule has 0 saturated heterocycles. The molecular formula is C23H32N4O2. The number of hydrogen-bond donors (Lipinski definition) is 4. The van der Waals surface area contributed by atoms with Crippen LogP contribution in [0.3, 0.4) is 0 Å². The Bertz CT molecular complexity index is 775. The molecule has 0 fully saturated rings. The summed E-state index contributed by atoms with van der Waals surface area (Å²) in [6, 6.07) is 17.6. The molecule has 0 radical (unpaired) electrons. The number of hydrogen-bond acceptors (Lipinski definition) is 3. The highest BCUT2D eigenvalue weighted by Gasteiger charge is 2.11. The molecule has 0 heterocycles. The monoisotopic (exact) mass is 396 g/mol. The molecule has 0 spiro atoms. The normalized spacial score (nSPS) is 13.4. The minimum Gasteiger partial charge on any atom is -0.396 e. The van der Waals surface area contributed by atoms with Gasteiger partial charge in [-0.05, 0) is 36.6 Å². The standard InChI is InChI=1S/C23H32N4O2/c1-4-17(2)27-22(29)20-12-10-18(11-13-20)14-25-23(24-3)26-15-21(16-28)19-8-6-5-7-9-19/h5-13,17,21,28H,4,14-16H2,1-3H3,(H,27,29)(H2,24,25,26). The summed E-state index contributed by atoms with van der Waals surface area (Å²) in [5, 5.41) is 19.2. The zero-order valence-corrected chi connectivity index (χ0v) is 17.5. The van der Waals surface area contributed by atoms with Gasteiger partial charge in [-0.25, -0.2) is 0 Å². The van der Waals surface area contributed by atoms with Crippen LogP contribution >= 0.6 is 0 Å². The van der Waals surface area contributed by atoms with Crippen LogP contribution < -0.4 is 16.0 Å². The van der Waals surface area contributed by atoms with Gasteiger partial charge >= 0.3 is 0 Å². The van der Waals surface area contributed by atoms with Crippen molar-refractivity contribution in [1.29, 1.82) is 0 Å². The van der Waals surface area contributed by atoms with Crippen molar-refractivity contribution in [2.45, 2.75) is 38.8 Å². The van der Waals surface area contributed by atoms with Crippen molar-refractivity contribution < 1.29 is 9.90 Å². The SMILES string of the molecule is CCC(C)NC(=O)c1ccc(CNC(=NC)NCC(CO)c2ccccc2)cc1. The lowest BCUT2D eigenvalue weighted by atomic mass is 10.0. The van der Waals surface area contributed by atoms with Gasteiger partial charge in [0, 0.05) is 37.7 Å². The molecule has 2 aromatic carbocycles. The molecule has 6 nitrogen and oxygen atoms in total. The van der Waals surface area contributed by atoms with Crippen molar-refractivity contribution in [2.24, 2.45) is 4.99 Å². The molecule has 0 aliphatic heterocycles. The maximum absolute atomic E-state index is 12.2. The van der Waals surface area contributed by atoms with Crippen LogP contribution in [0.2, 0.25) is 0 Å². The molecule has 2 atom stereocenters. The lowest BCUT2D eigenvalue weighted by Crippen LogP contribution is -2.39. The van der Waals surface area contributed by atoms with E-state index in [0.717, 1.165) is 17.5 Å². The summed E-state index contributed by atoms with van der Waals surface area (Å²) >= 11 is 0. The van der Waals surface area contributed by atoms with Crippen LogP contribution in [-0.4, -0.2) is 43.2 Å². The number of nitrogens with zero attached hydrogens (tertiary/aromatic N) is 1. The molecule has 1 amide bonds. The summed E-state index contributed by atoms with van der Waals surface area (Å²) in [5.41, 5.74) is 2.80. The number of aliphatic imine (C=N–C) groups is 1. The Hall–Kier alpha value is -2.86. The van der Waals surface area contributed by atoms with Gasteiger partial charge in [0.05, 0.1) is 6.61 Å². The molecule has 29 heavy (non-hydrogen) atoms. The van der Waals surface area contributed by atoms with E-state index in [1.54, 1.807) is 7.05 Å². The zero-order valence-electron chi connectivity index (χ0n) is 17.5. The fraction of sp³-hybridized carbons (Fsp3) is 0.391. The van der Waals surface area contributed by atoms with Gasteiger partial charge in [0.1, 0.15) is 0 Å². The molecule has 0 aliphatic rings. The quantitative estimate of drug-likeness (QED) is 0.388. The van der Waals surface area contributed by atoms with Crippen molar-refractivity contribution in [3.8, 4) is 0 Å². The summed E-state index contributed by atoms with van der Waals surface area (Å²) in [4.78, 5) is 16.4. The Morgan fingerprint density at radius 2 is 1.76 bits per heavy atom. The minimum absolute atomic E-state index is 0.00180. The Balaban J connectivity index is 1.85. The Morgan fingerprint density at radius 3 is 2.34 bits per heavy atom. The highest BCUT2D eigenvalue weighted by Crippen LogP contribution is 2.13. The van der Waals surface area contributed by atoms with Crippen molar-refractivity contribution >= 4 is 11.9 Å². The predicted octanol–water partition coefficient (Wildman–Crippen LogP) is 2.66. The van der Waals surface area contributed by atoms with Crippen LogP contribution in [0.4, 0.5) is 0 Å². The third-order valence-corrected chi connectivity index (χ3v) is 4.90. The van der Waals surface area contributed by atoms with Crippen LogP contribution in [0.1, 0.15) is 47.7 Å². The van der Waals surface area contributed by atoms with Gasteiger partial charge < -0.3 is 21.1 Å². The van der Waals surface area contributed by atoms with Gasteiger partial charge in [-0.3, -0.25) is 9.79 Å². The first-order valence-corrected chi connectivity index (χ1v) is 10.1. The molecule has 0 aliphatic carbocycles. The van der Waals surface area contributed by atoms with E-state index in [2.05, 4.69) is 20.9 Å². The summed E-state index contributed by atoms with van der Waals surface area (Å²) in [5.74, 6) is 0.614. The summed E-state index contributed by atoms with van der Waals surface area (Å²) in [7, 11) is 1.72. The molecular weight excluding hydrogens is 364 g/mol. The number of carbonyl (C=O) groups is 1. The smallest absolute Gasteiger partial charge is 0.251 e. The first-order valence-electron chi connectivity index (χ1n) is 10.1. The third-order valence-electron chi connectivity index (χ3n) is 4.90. The minimum atomic E-state index is -0.0488. The van der Waals surface area contributed by atoms with Gasteiger partial charge in [0.2, 0.25) is 0 Å². The number of aliphatic hydroxyl groups is 1. The van der Waals surface area contributed by atoms with Crippen LogP contribution in [0.15, 0.2) is 59.6 Å². The molecule has 4 N–H and O–H groups in total. The average molecular weight is 397 g/mol. The molecule has 2 unspecified atom stereocenters. The zero-order chi connectivity index (χ0) is 21.1. The van der Waals surface area contributed by atoms with Gasteiger partial charge in [0.15, 0.2) is 5.96 Å². The van der Waals surface area contributed by atoms with Crippen molar-refractivity contribution in [1.82, 2.24) is 16.0 Å². The fourth-order valence-electron chi connectivity index (χ4n) is 2.82. The van der Waals surface area contributed by atoms with E-state index in [4.69, 9.17) is 0 Å². The highest BCUT2D eigenvalue weighted by atomic mass is 16.3. The highest BCUT2D eigenvalue weighted by molar-refractivity contribution is 5.94. The topological polar surface area (TPSA) is 85.8 Å². The van der Waals surface area contributed by atoms with Gasteiger partial charge in [0.25, 0.3) is 5.91 Å². The second kappa shape index (κ2) is 11.9. The van der Waals surface area contributed by atoms with E-state index in [1.807, 2.05) is 68.4 Å². The number of rotatable bonds is 9. The molecule has 2 rings (SSSR count). The maximum Gasteiger partial charge on any atom is 0.251 e. The summed E-state index contributed by atoms with van der Waals surface area (Å²) < 4.78 is 0. The van der Waals surface area contributed by atoms with E-state index in [-0.39, 0.29) is 24.5 Å². The van der Waals surface area contributed by atoms with Crippen LogP contribution in [-0.2, 0) is 6.54 Å². The van der Waals surface area contributed by atoms with E-state index < -0.39 is 0 Å². The number of aliphatic hydroxyl groups excluding tert-OH is 1. The molecule has 0 saturated carbocycles. The maximum atomic E-state index is 12.2. The van der Waals surface area contributed by atoms with Crippen LogP contribution in [0.5, 0.6) is 0 Å². The van der Waals surface area contributed by atoms with E-state index in [0.29, 0.717) is 24.6 Å². The van der Waals surface area contributed by atoms with Gasteiger partial charge in [-0.1, -0.05) is 49.4 Å². The van der Waals surface area contributed by atoms with Crippen molar-refractivity contribution in [3.63, 3.8) is 0 Å². The number of carbonyl (C=O) groups excluding carboxylic acids is 1. The van der Waals surface area contributed by atoms with E-state index >= 15 is 0 Å². The summed E-state index contributed by atoms with van der Waals surface area (Å²) in [6.45, 7) is 5.27. The van der Waals surface area contributed by atoms with E-state index in [9.17, 15) is 9.90 Å². The Morgan fingerprint density at radius 1 is 1.07 bits per heavy atom. The molecule has 156 valence electrons. The number of nitrogens with one attached hydrogen (secondary N) is 3. The summed E-state index contributed by atoms with van der Waals surface area (Å²) in [6.07, 6.45) is 0.904. The van der Waals surface area contributed by atoms with Gasteiger partial charge in [-0.15, -0.1) is 0 Å². The average Bonchev–Trinajstić information content (AvgIpc) is 2.77. The predicted molar refractivity (Wildman–Crippen MR) is 118 cm³/mol. The van der Waals surface area contributed by atoms with Crippen LogP contribution in [0.25, 0.3) is 0 Å². The number of guanidine groups is 1. The molecule has 2 aromatic rings. The Labute approximate surface area is 173 Å². The first-order chi connectivity index (χ1) is 14.1. The molecule has 0 aromatic heterocycles. The molecule has 0 bridgehead atoms. The largest absolute Gasteiger partial charge is 0.396 e. The number of benzene rings is 2.